The molecule has 1 fully saturated rings. The molecule has 0 aliphatic carbocycles. The summed E-state index contributed by atoms with van der Waals surface area (Å²) in [5.74, 6) is 0.626. The third-order valence-corrected chi connectivity index (χ3v) is 4.76. The van der Waals surface area contributed by atoms with Gasteiger partial charge in [-0.15, -0.1) is 0 Å². The lowest BCUT2D eigenvalue weighted by molar-refractivity contribution is 0.313. The van der Waals surface area contributed by atoms with Gasteiger partial charge in [-0.05, 0) is 50.4 Å². The summed E-state index contributed by atoms with van der Waals surface area (Å²) in [6.07, 6.45) is 0. The number of benzene rings is 2. The first-order valence-electron chi connectivity index (χ1n) is 8.30. The Morgan fingerprint density at radius 2 is 1.58 bits per heavy atom. The van der Waals surface area contributed by atoms with Gasteiger partial charge in [0.15, 0.2) is 0 Å². The Balaban J connectivity index is 1.68. The largest absolute Gasteiger partial charge is 0.369 e. The van der Waals surface area contributed by atoms with Crippen molar-refractivity contribution in [2.45, 2.75) is 6.92 Å². The fourth-order valence-electron chi connectivity index (χ4n) is 3.37. The zero-order valence-electron chi connectivity index (χ0n) is 14.0. The SMILES string of the molecule is Cc1nc2ccc(F)cc2n1-c1ccc(N2CCN(C)CC2)cc1. The summed E-state index contributed by atoms with van der Waals surface area (Å²) >= 11 is 0. The van der Waals surface area contributed by atoms with Crippen LogP contribution in [0.1, 0.15) is 5.82 Å². The molecule has 1 aromatic heterocycles. The number of likely N-dealkylation sites (N-methyl/N-ethyl adjacent to an activating group) is 1. The lowest BCUT2D eigenvalue weighted by atomic mass is 10.2. The molecule has 2 heterocycles. The molecule has 24 heavy (non-hydrogen) atoms. The van der Waals surface area contributed by atoms with E-state index < -0.39 is 0 Å². The summed E-state index contributed by atoms with van der Waals surface area (Å²) < 4.78 is 15.6. The number of anilines is 1. The Hall–Kier alpha value is -2.40. The van der Waals surface area contributed by atoms with Gasteiger partial charge < -0.3 is 9.80 Å². The lowest BCUT2D eigenvalue weighted by Crippen LogP contribution is -2.44. The molecular formula is C19H21FN4. The number of imidazole rings is 1. The molecule has 0 unspecified atom stereocenters. The quantitative estimate of drug-likeness (QED) is 0.723. The Morgan fingerprint density at radius 1 is 0.917 bits per heavy atom. The highest BCUT2D eigenvalue weighted by atomic mass is 19.1. The number of halogens is 1. The Bertz CT molecular complexity index is 861. The van der Waals surface area contributed by atoms with Gasteiger partial charge in [0.25, 0.3) is 0 Å². The van der Waals surface area contributed by atoms with Crippen LogP contribution in [0.15, 0.2) is 42.5 Å². The molecule has 0 N–H and O–H groups in total. The second-order valence-corrected chi connectivity index (χ2v) is 6.43. The summed E-state index contributed by atoms with van der Waals surface area (Å²) in [7, 11) is 2.16. The van der Waals surface area contributed by atoms with Crippen molar-refractivity contribution in [2.24, 2.45) is 0 Å². The normalized spacial score (nSPS) is 16.0. The molecule has 0 saturated carbocycles. The third-order valence-electron chi connectivity index (χ3n) is 4.76. The second-order valence-electron chi connectivity index (χ2n) is 6.43. The summed E-state index contributed by atoms with van der Waals surface area (Å²) in [4.78, 5) is 9.28. The van der Waals surface area contributed by atoms with E-state index in [2.05, 4.69) is 46.1 Å². The molecule has 4 nitrogen and oxygen atoms in total. The maximum absolute atomic E-state index is 13.6. The first kappa shape index (κ1) is 15.1. The summed E-state index contributed by atoms with van der Waals surface area (Å²) in [5, 5.41) is 0. The van der Waals surface area contributed by atoms with Crippen molar-refractivity contribution in [2.75, 3.05) is 38.1 Å². The predicted molar refractivity (Wildman–Crippen MR) is 95.5 cm³/mol. The number of aryl methyl sites for hydroxylation is 1. The van der Waals surface area contributed by atoms with Gasteiger partial charge in [0.05, 0.1) is 11.0 Å². The van der Waals surface area contributed by atoms with Crippen molar-refractivity contribution in [3.8, 4) is 5.69 Å². The van der Waals surface area contributed by atoms with Crippen LogP contribution in [0.4, 0.5) is 10.1 Å². The molecule has 2 aromatic carbocycles. The van der Waals surface area contributed by atoms with E-state index in [-0.39, 0.29) is 5.82 Å². The zero-order valence-corrected chi connectivity index (χ0v) is 14.0. The summed E-state index contributed by atoms with van der Waals surface area (Å²) in [6, 6.07) is 13.2. The van der Waals surface area contributed by atoms with E-state index >= 15 is 0 Å². The second kappa shape index (κ2) is 5.91. The van der Waals surface area contributed by atoms with Gasteiger partial charge in [-0.3, -0.25) is 4.57 Å². The molecule has 0 bridgehead atoms. The highest BCUT2D eigenvalue weighted by molar-refractivity contribution is 5.78. The van der Waals surface area contributed by atoms with Crippen molar-refractivity contribution in [3.05, 3.63) is 54.1 Å². The molecule has 0 amide bonds. The number of fused-ring (bicyclic) bond motifs is 1. The van der Waals surface area contributed by atoms with Crippen LogP contribution < -0.4 is 4.90 Å². The van der Waals surface area contributed by atoms with Crippen LogP contribution in [-0.4, -0.2) is 47.7 Å². The minimum Gasteiger partial charge on any atom is -0.369 e. The van der Waals surface area contributed by atoms with Gasteiger partial charge in [-0.25, -0.2) is 9.37 Å². The number of hydrogen-bond acceptors (Lipinski definition) is 3. The minimum absolute atomic E-state index is 0.238. The first-order valence-corrected chi connectivity index (χ1v) is 8.30. The first-order chi connectivity index (χ1) is 11.6. The minimum atomic E-state index is -0.238. The van der Waals surface area contributed by atoms with E-state index in [1.54, 1.807) is 12.1 Å². The Morgan fingerprint density at radius 3 is 2.29 bits per heavy atom. The van der Waals surface area contributed by atoms with E-state index in [0.717, 1.165) is 48.7 Å². The van der Waals surface area contributed by atoms with Crippen molar-refractivity contribution in [1.29, 1.82) is 0 Å². The van der Waals surface area contributed by atoms with Crippen LogP contribution >= 0.6 is 0 Å². The van der Waals surface area contributed by atoms with Crippen LogP contribution in [0, 0.1) is 12.7 Å². The molecule has 5 heteroatoms. The molecule has 0 spiro atoms. The van der Waals surface area contributed by atoms with Gasteiger partial charge in [-0.1, -0.05) is 0 Å². The molecule has 1 saturated heterocycles. The average Bonchev–Trinajstić information content (AvgIpc) is 2.91. The van der Waals surface area contributed by atoms with Crippen molar-refractivity contribution in [1.82, 2.24) is 14.5 Å². The van der Waals surface area contributed by atoms with E-state index in [1.807, 2.05) is 11.5 Å². The zero-order chi connectivity index (χ0) is 16.7. The molecular weight excluding hydrogens is 303 g/mol. The van der Waals surface area contributed by atoms with Crippen LogP contribution in [0.25, 0.3) is 16.7 Å². The Labute approximate surface area is 141 Å². The van der Waals surface area contributed by atoms with Crippen LogP contribution in [0.3, 0.4) is 0 Å². The van der Waals surface area contributed by atoms with Gasteiger partial charge in [0.1, 0.15) is 11.6 Å². The number of hydrogen-bond donors (Lipinski definition) is 0. The van der Waals surface area contributed by atoms with Gasteiger partial charge in [0.2, 0.25) is 0 Å². The Kier molecular flexibility index (Phi) is 3.73. The third kappa shape index (κ3) is 2.65. The molecule has 1 aliphatic rings. The van der Waals surface area contributed by atoms with Gasteiger partial charge in [-0.2, -0.15) is 0 Å². The number of rotatable bonds is 2. The standard InChI is InChI=1S/C19H21FN4/c1-14-21-18-8-3-15(20)13-19(18)24(14)17-6-4-16(5-7-17)23-11-9-22(2)10-12-23/h3-8,13H,9-12H2,1-2H3. The van der Waals surface area contributed by atoms with E-state index in [4.69, 9.17) is 0 Å². The molecule has 0 atom stereocenters. The number of nitrogens with zero attached hydrogens (tertiary/aromatic N) is 4. The number of aromatic nitrogens is 2. The van der Waals surface area contributed by atoms with Crippen molar-refractivity contribution >= 4 is 16.7 Å². The molecule has 1 aliphatic heterocycles. The smallest absolute Gasteiger partial charge is 0.125 e. The predicted octanol–water partition coefficient (Wildman–Crippen LogP) is 3.22. The van der Waals surface area contributed by atoms with Crippen molar-refractivity contribution in [3.63, 3.8) is 0 Å². The molecule has 4 rings (SSSR count). The van der Waals surface area contributed by atoms with Gasteiger partial charge >= 0.3 is 0 Å². The van der Waals surface area contributed by atoms with Crippen LogP contribution in [-0.2, 0) is 0 Å². The highest BCUT2D eigenvalue weighted by Gasteiger charge is 2.15. The highest BCUT2D eigenvalue weighted by Crippen LogP contribution is 2.24. The lowest BCUT2D eigenvalue weighted by Gasteiger charge is -2.34. The molecule has 124 valence electrons. The van der Waals surface area contributed by atoms with E-state index in [9.17, 15) is 4.39 Å². The van der Waals surface area contributed by atoms with Crippen LogP contribution in [0.5, 0.6) is 0 Å². The summed E-state index contributed by atoms with van der Waals surface area (Å²) in [6.45, 7) is 6.23. The number of piperazine rings is 1. The van der Waals surface area contributed by atoms with Crippen molar-refractivity contribution < 1.29 is 4.39 Å². The van der Waals surface area contributed by atoms with E-state index in [0.29, 0.717) is 0 Å². The fraction of sp³-hybridized carbons (Fsp3) is 0.316. The average molecular weight is 324 g/mol. The van der Waals surface area contributed by atoms with Crippen LogP contribution in [0.2, 0.25) is 0 Å². The van der Waals surface area contributed by atoms with E-state index in [1.165, 1.54) is 11.8 Å². The maximum atomic E-state index is 13.6. The molecule has 0 radical (unpaired) electrons. The molecule has 3 aromatic rings. The fourth-order valence-corrected chi connectivity index (χ4v) is 3.37. The summed E-state index contributed by atoms with van der Waals surface area (Å²) in [5.41, 5.74) is 3.87. The monoisotopic (exact) mass is 324 g/mol. The van der Waals surface area contributed by atoms with Gasteiger partial charge in [0, 0.05) is 43.6 Å². The maximum Gasteiger partial charge on any atom is 0.125 e. The topological polar surface area (TPSA) is 24.3 Å².